The number of nitrogens with one attached hydrogen (secondary N) is 1. The third kappa shape index (κ3) is 5.17. The molecule has 0 bridgehead atoms. The number of rotatable bonds is 6. The maximum Gasteiger partial charge on any atom is 0.245 e. The van der Waals surface area contributed by atoms with Gasteiger partial charge in [-0.1, -0.05) is 19.9 Å². The van der Waals surface area contributed by atoms with Crippen LogP contribution in [0.25, 0.3) is 0 Å². The fraction of sp³-hybridized carbons (Fsp3) is 0.579. The molecule has 2 amide bonds. The lowest BCUT2D eigenvalue weighted by Crippen LogP contribution is -2.56. The SMILES string of the molecule is COc1ccc(CN2CCN(C(=O)C(NC(C)=O)C(C)C)CC2)cc1F. The first-order valence-corrected chi connectivity index (χ1v) is 8.92. The Morgan fingerprint density at radius 2 is 1.88 bits per heavy atom. The highest BCUT2D eigenvalue weighted by molar-refractivity contribution is 5.87. The summed E-state index contributed by atoms with van der Waals surface area (Å²) in [7, 11) is 1.44. The molecule has 1 heterocycles. The van der Waals surface area contributed by atoms with Crippen LogP contribution in [-0.2, 0) is 16.1 Å². The van der Waals surface area contributed by atoms with Crippen LogP contribution < -0.4 is 10.1 Å². The number of carbonyl (C=O) groups is 2. The molecule has 144 valence electrons. The summed E-state index contributed by atoms with van der Waals surface area (Å²) in [6, 6.07) is 4.48. The number of hydrogen-bond donors (Lipinski definition) is 1. The highest BCUT2D eigenvalue weighted by Crippen LogP contribution is 2.19. The van der Waals surface area contributed by atoms with Crippen molar-refractivity contribution in [1.29, 1.82) is 0 Å². The minimum Gasteiger partial charge on any atom is -0.494 e. The van der Waals surface area contributed by atoms with E-state index in [9.17, 15) is 14.0 Å². The van der Waals surface area contributed by atoms with E-state index in [1.807, 2.05) is 19.9 Å². The normalized spacial score (nSPS) is 16.5. The van der Waals surface area contributed by atoms with Gasteiger partial charge in [0.2, 0.25) is 11.8 Å². The Morgan fingerprint density at radius 1 is 1.23 bits per heavy atom. The Labute approximate surface area is 154 Å². The lowest BCUT2D eigenvalue weighted by molar-refractivity contribution is -0.138. The zero-order chi connectivity index (χ0) is 19.3. The topological polar surface area (TPSA) is 61.9 Å². The van der Waals surface area contributed by atoms with Gasteiger partial charge in [-0.15, -0.1) is 0 Å². The van der Waals surface area contributed by atoms with Crippen molar-refractivity contribution in [3.05, 3.63) is 29.6 Å². The lowest BCUT2D eigenvalue weighted by atomic mass is 10.0. The average molecular weight is 365 g/mol. The molecule has 0 spiro atoms. The van der Waals surface area contributed by atoms with E-state index in [4.69, 9.17) is 4.74 Å². The van der Waals surface area contributed by atoms with Gasteiger partial charge in [0.1, 0.15) is 6.04 Å². The van der Waals surface area contributed by atoms with Crippen LogP contribution >= 0.6 is 0 Å². The lowest BCUT2D eigenvalue weighted by Gasteiger charge is -2.37. The zero-order valence-corrected chi connectivity index (χ0v) is 15.9. The number of carbonyl (C=O) groups excluding carboxylic acids is 2. The summed E-state index contributed by atoms with van der Waals surface area (Å²) in [4.78, 5) is 28.0. The molecule has 1 N–H and O–H groups in total. The second-order valence-electron chi connectivity index (χ2n) is 6.99. The molecule has 7 heteroatoms. The van der Waals surface area contributed by atoms with Gasteiger partial charge in [0.15, 0.2) is 11.6 Å². The number of halogens is 1. The minimum absolute atomic E-state index is 0.0340. The summed E-state index contributed by atoms with van der Waals surface area (Å²) >= 11 is 0. The van der Waals surface area contributed by atoms with Gasteiger partial charge < -0.3 is 15.0 Å². The van der Waals surface area contributed by atoms with Gasteiger partial charge >= 0.3 is 0 Å². The van der Waals surface area contributed by atoms with E-state index in [0.29, 0.717) is 32.7 Å². The molecule has 6 nitrogen and oxygen atoms in total. The van der Waals surface area contributed by atoms with Gasteiger partial charge in [0, 0.05) is 39.6 Å². The maximum atomic E-state index is 13.8. The molecule has 1 aromatic rings. The van der Waals surface area contributed by atoms with Crippen molar-refractivity contribution in [3.63, 3.8) is 0 Å². The molecule has 1 aliphatic rings. The molecule has 1 aromatic carbocycles. The Balaban J connectivity index is 1.91. The Bertz CT molecular complexity index is 643. The van der Waals surface area contributed by atoms with Crippen molar-refractivity contribution in [2.45, 2.75) is 33.4 Å². The minimum atomic E-state index is -0.491. The van der Waals surface area contributed by atoms with Crippen LogP contribution in [0.15, 0.2) is 18.2 Å². The first-order chi connectivity index (χ1) is 12.3. The molecule has 0 aliphatic carbocycles. The van der Waals surface area contributed by atoms with Crippen LogP contribution in [0.2, 0.25) is 0 Å². The van der Waals surface area contributed by atoms with E-state index < -0.39 is 6.04 Å². The van der Waals surface area contributed by atoms with Crippen molar-refractivity contribution >= 4 is 11.8 Å². The smallest absolute Gasteiger partial charge is 0.245 e. The fourth-order valence-corrected chi connectivity index (χ4v) is 3.12. The van der Waals surface area contributed by atoms with Gasteiger partial charge in [-0.2, -0.15) is 0 Å². The van der Waals surface area contributed by atoms with E-state index in [2.05, 4.69) is 10.2 Å². The molecule has 1 fully saturated rings. The van der Waals surface area contributed by atoms with Crippen molar-refractivity contribution < 1.29 is 18.7 Å². The Kier molecular flexibility index (Phi) is 6.97. The standard InChI is InChI=1S/C19H28FN3O3/c1-13(2)18(21-14(3)24)19(25)23-9-7-22(8-10-23)12-15-5-6-17(26-4)16(20)11-15/h5-6,11,13,18H,7-10,12H2,1-4H3,(H,21,24). The van der Waals surface area contributed by atoms with Gasteiger partial charge in [0.25, 0.3) is 0 Å². The number of benzene rings is 1. The quantitative estimate of drug-likeness (QED) is 0.833. The molecule has 0 radical (unpaired) electrons. The highest BCUT2D eigenvalue weighted by Gasteiger charge is 2.30. The predicted octanol–water partition coefficient (Wildman–Crippen LogP) is 1.64. The van der Waals surface area contributed by atoms with E-state index in [1.54, 1.807) is 11.0 Å². The van der Waals surface area contributed by atoms with Gasteiger partial charge in [0.05, 0.1) is 7.11 Å². The summed E-state index contributed by atoms with van der Waals surface area (Å²) < 4.78 is 18.7. The second-order valence-corrected chi connectivity index (χ2v) is 6.99. The number of amides is 2. The van der Waals surface area contributed by atoms with Crippen LogP contribution in [0.4, 0.5) is 4.39 Å². The van der Waals surface area contributed by atoms with Crippen LogP contribution in [-0.4, -0.2) is 60.9 Å². The number of nitrogens with zero attached hydrogens (tertiary/aromatic N) is 2. The van der Waals surface area contributed by atoms with Crippen LogP contribution in [0.3, 0.4) is 0 Å². The predicted molar refractivity (Wildman–Crippen MR) is 97.3 cm³/mol. The van der Waals surface area contributed by atoms with Crippen LogP contribution in [0.5, 0.6) is 5.75 Å². The monoisotopic (exact) mass is 365 g/mol. The largest absolute Gasteiger partial charge is 0.494 e. The molecule has 0 saturated carbocycles. The van der Waals surface area contributed by atoms with Crippen LogP contribution in [0.1, 0.15) is 26.3 Å². The molecule has 0 aromatic heterocycles. The van der Waals surface area contributed by atoms with Crippen molar-refractivity contribution in [3.8, 4) is 5.75 Å². The number of ether oxygens (including phenoxy) is 1. The van der Waals surface area contributed by atoms with Gasteiger partial charge in [-0.25, -0.2) is 4.39 Å². The number of piperazine rings is 1. The number of methoxy groups -OCH3 is 1. The Morgan fingerprint density at radius 3 is 2.38 bits per heavy atom. The molecular weight excluding hydrogens is 337 g/mol. The van der Waals surface area contributed by atoms with E-state index in [0.717, 1.165) is 5.56 Å². The van der Waals surface area contributed by atoms with Crippen LogP contribution in [0, 0.1) is 11.7 Å². The first-order valence-electron chi connectivity index (χ1n) is 8.92. The first kappa shape index (κ1) is 20.2. The number of hydrogen-bond acceptors (Lipinski definition) is 4. The van der Waals surface area contributed by atoms with Gasteiger partial charge in [-0.05, 0) is 23.6 Å². The van der Waals surface area contributed by atoms with Crippen molar-refractivity contribution in [1.82, 2.24) is 15.1 Å². The third-order valence-electron chi connectivity index (χ3n) is 4.60. The summed E-state index contributed by atoms with van der Waals surface area (Å²) in [6.07, 6.45) is 0. The molecule has 2 rings (SSSR count). The summed E-state index contributed by atoms with van der Waals surface area (Å²) in [5, 5.41) is 2.75. The Hall–Kier alpha value is -2.15. The summed E-state index contributed by atoms with van der Waals surface area (Å²) in [6.45, 7) is 8.52. The molecule has 1 unspecified atom stereocenters. The van der Waals surface area contributed by atoms with Gasteiger partial charge in [-0.3, -0.25) is 14.5 Å². The third-order valence-corrected chi connectivity index (χ3v) is 4.60. The maximum absolute atomic E-state index is 13.8. The summed E-state index contributed by atoms with van der Waals surface area (Å²) in [5.74, 6) is -0.329. The van der Waals surface area contributed by atoms with Crippen molar-refractivity contribution in [2.75, 3.05) is 33.3 Å². The molecule has 1 saturated heterocycles. The summed E-state index contributed by atoms with van der Waals surface area (Å²) in [5.41, 5.74) is 0.876. The van der Waals surface area contributed by atoms with E-state index in [1.165, 1.54) is 20.1 Å². The average Bonchev–Trinajstić information content (AvgIpc) is 2.59. The van der Waals surface area contributed by atoms with E-state index in [-0.39, 0.29) is 29.3 Å². The molecule has 26 heavy (non-hydrogen) atoms. The van der Waals surface area contributed by atoms with Crippen molar-refractivity contribution in [2.24, 2.45) is 5.92 Å². The molecule has 1 aliphatic heterocycles. The highest BCUT2D eigenvalue weighted by atomic mass is 19.1. The molecule has 1 atom stereocenters. The molecular formula is C19H28FN3O3. The fourth-order valence-electron chi connectivity index (χ4n) is 3.12. The second kappa shape index (κ2) is 8.98. The zero-order valence-electron chi connectivity index (χ0n) is 15.9. The van der Waals surface area contributed by atoms with E-state index >= 15 is 0 Å².